The van der Waals surface area contributed by atoms with E-state index in [0.717, 1.165) is 16.3 Å². The quantitative estimate of drug-likeness (QED) is 0.726. The Morgan fingerprint density at radius 1 is 1.00 bits per heavy atom. The number of Topliss-reactive ketones (excluding diaryl/α,β-unsaturated/α-hetero) is 1. The highest BCUT2D eigenvalue weighted by molar-refractivity contribution is 6.02. The summed E-state index contributed by atoms with van der Waals surface area (Å²) in [5, 5.41) is 2.23. The predicted molar refractivity (Wildman–Crippen MR) is 92.4 cm³/mol. The number of allylic oxidation sites excluding steroid dienone is 2. The number of ketones is 1. The van der Waals surface area contributed by atoms with E-state index in [4.69, 9.17) is 4.74 Å². The van der Waals surface area contributed by atoms with Crippen molar-refractivity contribution in [2.24, 2.45) is 5.41 Å². The van der Waals surface area contributed by atoms with E-state index in [1.807, 2.05) is 38.1 Å². The van der Waals surface area contributed by atoms with Gasteiger partial charge in [-0.15, -0.1) is 0 Å². The average molecular weight is 320 g/mol. The summed E-state index contributed by atoms with van der Waals surface area (Å²) < 4.78 is 5.48. The molecular formula is C21H20O3. The molecule has 1 aliphatic heterocycles. The molecule has 1 aliphatic carbocycles. The van der Waals surface area contributed by atoms with E-state index in [2.05, 4.69) is 18.2 Å². The van der Waals surface area contributed by atoms with Gasteiger partial charge in [-0.3, -0.25) is 9.59 Å². The van der Waals surface area contributed by atoms with Crippen molar-refractivity contribution in [3.8, 4) is 0 Å². The average Bonchev–Trinajstić information content (AvgIpc) is 2.52. The van der Waals surface area contributed by atoms with Crippen LogP contribution in [-0.2, 0) is 14.3 Å². The smallest absolute Gasteiger partial charge is 0.311 e. The molecule has 2 aromatic carbocycles. The van der Waals surface area contributed by atoms with Crippen LogP contribution in [0.3, 0.4) is 0 Å². The maximum absolute atomic E-state index is 12.8. The van der Waals surface area contributed by atoms with Crippen LogP contribution < -0.4 is 0 Å². The highest BCUT2D eigenvalue weighted by Crippen LogP contribution is 2.46. The van der Waals surface area contributed by atoms with E-state index >= 15 is 0 Å². The first-order chi connectivity index (χ1) is 11.4. The molecule has 4 rings (SSSR count). The van der Waals surface area contributed by atoms with Crippen LogP contribution in [-0.4, -0.2) is 11.8 Å². The zero-order valence-corrected chi connectivity index (χ0v) is 14.0. The van der Waals surface area contributed by atoms with E-state index in [1.165, 1.54) is 0 Å². The molecule has 3 nitrogen and oxygen atoms in total. The summed E-state index contributed by atoms with van der Waals surface area (Å²) >= 11 is 0. The standard InChI is InChI=1S/C21H20O3/c1-21(2)11-17(22)20-16(10-19(23)24-18(20)12-21)15-9-5-7-13-6-3-4-8-14(13)15/h3-9,16H,10-12H2,1-2H3. The van der Waals surface area contributed by atoms with Crippen molar-refractivity contribution in [1.82, 2.24) is 0 Å². The molecule has 0 saturated heterocycles. The monoisotopic (exact) mass is 320 g/mol. The SMILES string of the molecule is CC1(C)CC(=O)C2=C(C1)OC(=O)CC2c1cccc2ccccc12. The molecule has 1 heterocycles. The Morgan fingerprint density at radius 2 is 1.75 bits per heavy atom. The topological polar surface area (TPSA) is 43.4 Å². The molecule has 0 N–H and O–H groups in total. The lowest BCUT2D eigenvalue weighted by Gasteiger charge is -2.36. The number of esters is 1. The van der Waals surface area contributed by atoms with Gasteiger partial charge in [-0.2, -0.15) is 0 Å². The molecule has 0 aromatic heterocycles. The number of fused-ring (bicyclic) bond motifs is 1. The minimum Gasteiger partial charge on any atom is -0.431 e. The summed E-state index contributed by atoms with van der Waals surface area (Å²) in [6.07, 6.45) is 1.38. The molecule has 1 atom stereocenters. The minimum atomic E-state index is -0.239. The normalized spacial score (nSPS) is 23.2. The van der Waals surface area contributed by atoms with Crippen molar-refractivity contribution in [3.05, 3.63) is 59.4 Å². The molecule has 0 spiro atoms. The molecule has 3 heteroatoms. The summed E-state index contributed by atoms with van der Waals surface area (Å²) in [7, 11) is 0. The molecule has 0 bridgehead atoms. The second-order valence-electron chi connectivity index (χ2n) is 7.58. The molecule has 0 saturated carbocycles. The van der Waals surface area contributed by atoms with Crippen molar-refractivity contribution in [3.63, 3.8) is 0 Å². The van der Waals surface area contributed by atoms with Crippen LogP contribution in [0.15, 0.2) is 53.8 Å². The van der Waals surface area contributed by atoms with Gasteiger partial charge >= 0.3 is 5.97 Å². The van der Waals surface area contributed by atoms with Crippen LogP contribution in [0.25, 0.3) is 10.8 Å². The largest absolute Gasteiger partial charge is 0.431 e. The summed E-state index contributed by atoms with van der Waals surface area (Å²) in [6, 6.07) is 14.2. The maximum atomic E-state index is 12.8. The highest BCUT2D eigenvalue weighted by Gasteiger charge is 2.42. The van der Waals surface area contributed by atoms with E-state index in [-0.39, 0.29) is 29.5 Å². The Hall–Kier alpha value is -2.42. The lowest BCUT2D eigenvalue weighted by Crippen LogP contribution is -2.33. The van der Waals surface area contributed by atoms with Gasteiger partial charge in [0.1, 0.15) is 5.76 Å². The van der Waals surface area contributed by atoms with Gasteiger partial charge in [0.25, 0.3) is 0 Å². The van der Waals surface area contributed by atoms with Crippen LogP contribution in [0.1, 0.15) is 44.6 Å². The third kappa shape index (κ3) is 2.44. The lowest BCUT2D eigenvalue weighted by molar-refractivity contribution is -0.142. The van der Waals surface area contributed by atoms with Crippen molar-refractivity contribution < 1.29 is 14.3 Å². The first-order valence-corrected chi connectivity index (χ1v) is 8.39. The fourth-order valence-electron chi connectivity index (χ4n) is 4.03. The first kappa shape index (κ1) is 15.1. The predicted octanol–water partition coefficient (Wildman–Crippen LogP) is 4.51. The number of hydrogen-bond donors (Lipinski definition) is 0. The van der Waals surface area contributed by atoms with E-state index < -0.39 is 0 Å². The number of carbonyl (C=O) groups is 2. The van der Waals surface area contributed by atoms with Crippen LogP contribution in [0.5, 0.6) is 0 Å². The van der Waals surface area contributed by atoms with Crippen molar-refractivity contribution >= 4 is 22.5 Å². The molecular weight excluding hydrogens is 300 g/mol. The van der Waals surface area contributed by atoms with Gasteiger partial charge in [0.05, 0.1) is 6.42 Å². The van der Waals surface area contributed by atoms with Crippen molar-refractivity contribution in [2.75, 3.05) is 0 Å². The second kappa shape index (κ2) is 5.30. The van der Waals surface area contributed by atoms with Gasteiger partial charge in [0.2, 0.25) is 0 Å². The molecule has 122 valence electrons. The summed E-state index contributed by atoms with van der Waals surface area (Å²) in [5.74, 6) is 0.269. The van der Waals surface area contributed by atoms with Crippen molar-refractivity contribution in [2.45, 2.75) is 39.0 Å². The Balaban J connectivity index is 1.90. The van der Waals surface area contributed by atoms with Crippen molar-refractivity contribution in [1.29, 1.82) is 0 Å². The van der Waals surface area contributed by atoms with Crippen LogP contribution in [0, 0.1) is 5.41 Å². The summed E-state index contributed by atoms with van der Waals surface area (Å²) in [6.45, 7) is 4.09. The maximum Gasteiger partial charge on any atom is 0.311 e. The molecule has 1 unspecified atom stereocenters. The Labute approximate surface area is 141 Å². The number of ether oxygens (including phenoxy) is 1. The molecule has 0 fully saturated rings. The van der Waals surface area contributed by atoms with E-state index in [1.54, 1.807) is 0 Å². The molecule has 0 radical (unpaired) electrons. The molecule has 2 aromatic rings. The van der Waals surface area contributed by atoms with Gasteiger partial charge in [-0.25, -0.2) is 0 Å². The Morgan fingerprint density at radius 3 is 2.58 bits per heavy atom. The first-order valence-electron chi connectivity index (χ1n) is 8.39. The number of carbonyl (C=O) groups excluding carboxylic acids is 2. The lowest BCUT2D eigenvalue weighted by atomic mass is 9.70. The summed E-state index contributed by atoms with van der Waals surface area (Å²) in [5.41, 5.74) is 1.60. The van der Waals surface area contributed by atoms with Gasteiger partial charge in [-0.05, 0) is 21.8 Å². The number of benzene rings is 2. The van der Waals surface area contributed by atoms with Crippen LogP contribution >= 0.6 is 0 Å². The third-order valence-electron chi connectivity index (χ3n) is 5.03. The fraction of sp³-hybridized carbons (Fsp3) is 0.333. The van der Waals surface area contributed by atoms with Gasteiger partial charge < -0.3 is 4.74 Å². The fourth-order valence-corrected chi connectivity index (χ4v) is 4.03. The summed E-state index contributed by atoms with van der Waals surface area (Å²) in [4.78, 5) is 25.0. The van der Waals surface area contributed by atoms with E-state index in [9.17, 15) is 9.59 Å². The minimum absolute atomic E-state index is 0.117. The third-order valence-corrected chi connectivity index (χ3v) is 5.03. The Bertz CT molecular complexity index is 884. The van der Waals surface area contributed by atoms with Gasteiger partial charge in [-0.1, -0.05) is 56.3 Å². The zero-order chi connectivity index (χ0) is 16.9. The highest BCUT2D eigenvalue weighted by atomic mass is 16.5. The van der Waals surface area contributed by atoms with Crippen LogP contribution in [0.4, 0.5) is 0 Å². The number of hydrogen-bond acceptors (Lipinski definition) is 3. The Kier molecular flexibility index (Phi) is 3.34. The van der Waals surface area contributed by atoms with Gasteiger partial charge in [0.15, 0.2) is 5.78 Å². The molecule has 2 aliphatic rings. The van der Waals surface area contributed by atoms with E-state index in [0.29, 0.717) is 24.2 Å². The zero-order valence-electron chi connectivity index (χ0n) is 14.0. The molecule has 24 heavy (non-hydrogen) atoms. The second-order valence-corrected chi connectivity index (χ2v) is 7.58. The number of rotatable bonds is 1. The molecule has 0 amide bonds. The van der Waals surface area contributed by atoms with Gasteiger partial charge in [0, 0.05) is 24.3 Å². The van der Waals surface area contributed by atoms with Crippen LogP contribution in [0.2, 0.25) is 0 Å².